The van der Waals surface area contributed by atoms with Crippen LogP contribution in [0.2, 0.25) is 0 Å². The lowest BCUT2D eigenvalue weighted by Crippen LogP contribution is -1.96. The summed E-state index contributed by atoms with van der Waals surface area (Å²) in [5.74, 6) is 0.908. The van der Waals surface area contributed by atoms with Crippen molar-refractivity contribution in [1.82, 2.24) is 19.1 Å². The van der Waals surface area contributed by atoms with Crippen LogP contribution < -0.4 is 0 Å². The molecule has 0 radical (unpaired) electrons. The number of rotatable bonds is 2. The van der Waals surface area contributed by atoms with E-state index in [1.807, 2.05) is 54.6 Å². The van der Waals surface area contributed by atoms with Crippen molar-refractivity contribution in [3.05, 3.63) is 67.3 Å². The van der Waals surface area contributed by atoms with E-state index in [9.17, 15) is 0 Å². The number of benzene rings is 2. The van der Waals surface area contributed by atoms with E-state index in [1.165, 1.54) is 0 Å². The van der Waals surface area contributed by atoms with Crippen molar-refractivity contribution in [2.45, 2.75) is 0 Å². The van der Waals surface area contributed by atoms with Crippen LogP contribution >= 0.6 is 0 Å². The monoisotopic (exact) mass is 274 g/mol. The van der Waals surface area contributed by atoms with E-state index in [0.29, 0.717) is 0 Å². The molecular formula is C17H14N4. The van der Waals surface area contributed by atoms with Crippen LogP contribution in [-0.4, -0.2) is 19.1 Å². The second-order valence-corrected chi connectivity index (χ2v) is 4.99. The first-order valence-corrected chi connectivity index (χ1v) is 6.84. The Morgan fingerprint density at radius 2 is 1.76 bits per heavy atom. The van der Waals surface area contributed by atoms with Crippen molar-refractivity contribution < 1.29 is 0 Å². The van der Waals surface area contributed by atoms with Crippen LogP contribution in [0.4, 0.5) is 0 Å². The Labute approximate surface area is 122 Å². The third-order valence-corrected chi connectivity index (χ3v) is 3.67. The molecule has 2 aromatic heterocycles. The molecule has 0 spiro atoms. The lowest BCUT2D eigenvalue weighted by Gasteiger charge is -2.08. The zero-order valence-corrected chi connectivity index (χ0v) is 11.6. The van der Waals surface area contributed by atoms with E-state index >= 15 is 0 Å². The van der Waals surface area contributed by atoms with Gasteiger partial charge in [-0.05, 0) is 24.3 Å². The minimum atomic E-state index is 0.908. The summed E-state index contributed by atoms with van der Waals surface area (Å²) in [4.78, 5) is 9.05. The standard InChI is InChI=1S/C17H14N4/c1-20-12-19-16-14(8-5-9-15(16)20)17-18-10-11-21(17)13-6-3-2-4-7-13/h2-12H,1H3. The van der Waals surface area contributed by atoms with Crippen LogP contribution in [0.5, 0.6) is 0 Å². The first-order valence-electron chi connectivity index (χ1n) is 6.84. The summed E-state index contributed by atoms with van der Waals surface area (Å²) in [6.45, 7) is 0. The maximum Gasteiger partial charge on any atom is 0.146 e. The molecule has 0 saturated carbocycles. The van der Waals surface area contributed by atoms with Crippen molar-refractivity contribution in [3.8, 4) is 17.1 Å². The van der Waals surface area contributed by atoms with E-state index in [4.69, 9.17) is 0 Å². The lowest BCUT2D eigenvalue weighted by atomic mass is 10.1. The normalized spacial score (nSPS) is 11.1. The highest BCUT2D eigenvalue weighted by molar-refractivity contribution is 5.90. The van der Waals surface area contributed by atoms with Gasteiger partial charge < -0.3 is 4.57 Å². The van der Waals surface area contributed by atoms with Crippen LogP contribution in [-0.2, 0) is 7.05 Å². The fourth-order valence-electron chi connectivity index (χ4n) is 2.64. The zero-order valence-electron chi connectivity index (χ0n) is 11.6. The van der Waals surface area contributed by atoms with E-state index < -0.39 is 0 Å². The lowest BCUT2D eigenvalue weighted by molar-refractivity contribution is 0.948. The highest BCUT2D eigenvalue weighted by atomic mass is 15.1. The molecule has 4 rings (SSSR count). The second-order valence-electron chi connectivity index (χ2n) is 4.99. The van der Waals surface area contributed by atoms with Gasteiger partial charge in [-0.25, -0.2) is 9.97 Å². The molecule has 2 aromatic carbocycles. The topological polar surface area (TPSA) is 35.6 Å². The van der Waals surface area contributed by atoms with Crippen molar-refractivity contribution in [2.75, 3.05) is 0 Å². The number of fused-ring (bicyclic) bond motifs is 1. The fraction of sp³-hybridized carbons (Fsp3) is 0.0588. The van der Waals surface area contributed by atoms with E-state index in [-0.39, 0.29) is 0 Å². The smallest absolute Gasteiger partial charge is 0.146 e. The van der Waals surface area contributed by atoms with Gasteiger partial charge in [0.2, 0.25) is 0 Å². The van der Waals surface area contributed by atoms with Gasteiger partial charge in [-0.15, -0.1) is 0 Å². The first-order chi connectivity index (χ1) is 10.3. The summed E-state index contributed by atoms with van der Waals surface area (Å²) in [7, 11) is 2.00. The summed E-state index contributed by atoms with van der Waals surface area (Å²) in [6.07, 6.45) is 5.64. The van der Waals surface area contributed by atoms with Crippen LogP contribution in [0.3, 0.4) is 0 Å². The Hall–Kier alpha value is -2.88. The number of imidazole rings is 2. The van der Waals surface area contributed by atoms with Gasteiger partial charge >= 0.3 is 0 Å². The summed E-state index contributed by atoms with van der Waals surface area (Å²) >= 11 is 0. The molecule has 0 aliphatic heterocycles. The number of nitrogens with zero attached hydrogens (tertiary/aromatic N) is 4. The first kappa shape index (κ1) is 11.9. The largest absolute Gasteiger partial charge is 0.334 e. The molecule has 0 aliphatic rings. The summed E-state index contributed by atoms with van der Waals surface area (Å²) in [6, 6.07) is 16.4. The highest BCUT2D eigenvalue weighted by Gasteiger charge is 2.13. The quantitative estimate of drug-likeness (QED) is 0.561. The Bertz CT molecular complexity index is 903. The molecule has 0 unspecified atom stereocenters. The molecule has 0 amide bonds. The number of aryl methyl sites for hydroxylation is 1. The summed E-state index contributed by atoms with van der Waals surface area (Å²) in [5.41, 5.74) is 4.22. The minimum absolute atomic E-state index is 0.908. The highest BCUT2D eigenvalue weighted by Crippen LogP contribution is 2.27. The predicted octanol–water partition coefficient (Wildman–Crippen LogP) is 3.43. The molecule has 0 N–H and O–H groups in total. The molecule has 21 heavy (non-hydrogen) atoms. The molecule has 2 heterocycles. The van der Waals surface area contributed by atoms with E-state index in [1.54, 1.807) is 0 Å². The Kier molecular flexibility index (Phi) is 2.60. The molecule has 0 atom stereocenters. The number of hydrogen-bond acceptors (Lipinski definition) is 2. The number of hydrogen-bond donors (Lipinski definition) is 0. The van der Waals surface area contributed by atoms with Gasteiger partial charge in [0.25, 0.3) is 0 Å². The zero-order chi connectivity index (χ0) is 14.2. The van der Waals surface area contributed by atoms with E-state index in [0.717, 1.165) is 28.1 Å². The Balaban J connectivity index is 1.97. The van der Waals surface area contributed by atoms with E-state index in [2.05, 4.69) is 38.8 Å². The molecule has 4 heteroatoms. The number of para-hydroxylation sites is 2. The summed E-state index contributed by atoms with van der Waals surface area (Å²) < 4.78 is 4.11. The molecule has 102 valence electrons. The second kappa shape index (κ2) is 4.59. The summed E-state index contributed by atoms with van der Waals surface area (Å²) in [5, 5.41) is 0. The molecular weight excluding hydrogens is 260 g/mol. The Morgan fingerprint density at radius 3 is 2.62 bits per heavy atom. The SMILES string of the molecule is Cn1cnc2c(-c3nccn3-c3ccccc3)cccc21. The average Bonchev–Trinajstić information content (AvgIpc) is 3.15. The third-order valence-electron chi connectivity index (χ3n) is 3.67. The van der Waals surface area contributed by atoms with Gasteiger partial charge in [-0.3, -0.25) is 4.57 Å². The molecule has 0 bridgehead atoms. The fourth-order valence-corrected chi connectivity index (χ4v) is 2.64. The maximum absolute atomic E-state index is 4.54. The van der Waals surface area contributed by atoms with Crippen molar-refractivity contribution >= 4 is 11.0 Å². The van der Waals surface area contributed by atoms with Crippen LogP contribution in [0.25, 0.3) is 28.1 Å². The van der Waals surface area contributed by atoms with Gasteiger partial charge in [0.1, 0.15) is 5.82 Å². The molecule has 0 fully saturated rings. The van der Waals surface area contributed by atoms with Crippen LogP contribution in [0, 0.1) is 0 Å². The molecule has 4 aromatic rings. The minimum Gasteiger partial charge on any atom is -0.334 e. The Morgan fingerprint density at radius 1 is 0.905 bits per heavy atom. The molecule has 0 saturated heterocycles. The van der Waals surface area contributed by atoms with Gasteiger partial charge in [0.15, 0.2) is 0 Å². The van der Waals surface area contributed by atoms with Gasteiger partial charge in [0, 0.05) is 30.7 Å². The van der Waals surface area contributed by atoms with Gasteiger partial charge in [-0.1, -0.05) is 24.3 Å². The van der Waals surface area contributed by atoms with Crippen LogP contribution in [0.1, 0.15) is 0 Å². The van der Waals surface area contributed by atoms with Crippen molar-refractivity contribution in [2.24, 2.45) is 7.05 Å². The van der Waals surface area contributed by atoms with Crippen LogP contribution in [0.15, 0.2) is 67.3 Å². The average molecular weight is 274 g/mol. The van der Waals surface area contributed by atoms with Gasteiger partial charge in [-0.2, -0.15) is 0 Å². The van der Waals surface area contributed by atoms with Gasteiger partial charge in [0.05, 0.1) is 17.4 Å². The van der Waals surface area contributed by atoms with Crippen molar-refractivity contribution in [3.63, 3.8) is 0 Å². The predicted molar refractivity (Wildman–Crippen MR) is 83.3 cm³/mol. The van der Waals surface area contributed by atoms with Crippen molar-refractivity contribution in [1.29, 1.82) is 0 Å². The molecule has 0 aliphatic carbocycles. The number of aromatic nitrogens is 4. The third kappa shape index (κ3) is 1.84. The maximum atomic E-state index is 4.54. The molecule has 4 nitrogen and oxygen atoms in total.